The molecule has 0 N–H and O–H groups in total. The van der Waals surface area contributed by atoms with E-state index in [1.165, 1.54) is 37.7 Å². The molecule has 1 fully saturated rings. The summed E-state index contributed by atoms with van der Waals surface area (Å²) in [5.74, 6) is 0.684. The van der Waals surface area contributed by atoms with E-state index in [2.05, 4.69) is 6.08 Å². The smallest absolute Gasteiger partial charge is 0.0881 e. The molecular weight excluding hydrogens is 200 g/mol. The van der Waals surface area contributed by atoms with Crippen molar-refractivity contribution >= 4 is 0 Å². The lowest BCUT2D eigenvalue weighted by molar-refractivity contribution is -0.0196. The number of allylic oxidation sites excluding steroid dienone is 2. The number of rotatable bonds is 3. The lowest BCUT2D eigenvalue weighted by Gasteiger charge is -2.45. The monoisotopic (exact) mass is 220 g/mol. The zero-order chi connectivity index (χ0) is 11.0. The molecule has 1 aliphatic heterocycles. The summed E-state index contributed by atoms with van der Waals surface area (Å²) in [5, 5.41) is 0. The van der Waals surface area contributed by atoms with Gasteiger partial charge in [0.15, 0.2) is 0 Å². The molecule has 16 heavy (non-hydrogen) atoms. The molecule has 0 amide bonds. The first kappa shape index (κ1) is 10.5. The summed E-state index contributed by atoms with van der Waals surface area (Å²) in [5.41, 5.74) is 4.63. The highest BCUT2D eigenvalue weighted by molar-refractivity contribution is 5.49. The normalized spacial score (nSPS) is 33.4. The van der Waals surface area contributed by atoms with Gasteiger partial charge in [0.25, 0.3) is 0 Å². The van der Waals surface area contributed by atoms with Crippen molar-refractivity contribution in [2.45, 2.75) is 38.2 Å². The topological polar surface area (TPSA) is 18.5 Å². The van der Waals surface area contributed by atoms with E-state index in [9.17, 15) is 0 Å². The third-order valence-corrected chi connectivity index (χ3v) is 4.07. The summed E-state index contributed by atoms with van der Waals surface area (Å²) in [6, 6.07) is 0. The predicted octanol–water partition coefficient (Wildman–Crippen LogP) is 2.85. The lowest BCUT2D eigenvalue weighted by atomic mass is 9.68. The Kier molecular flexibility index (Phi) is 2.86. The number of fused-ring (bicyclic) bond motifs is 1. The summed E-state index contributed by atoms with van der Waals surface area (Å²) in [7, 11) is 1.78. The summed E-state index contributed by atoms with van der Waals surface area (Å²) in [4.78, 5) is 0. The van der Waals surface area contributed by atoms with E-state index in [4.69, 9.17) is 9.47 Å². The van der Waals surface area contributed by atoms with Crippen LogP contribution < -0.4 is 0 Å². The standard InChI is InChI=1S/C14H20O2/c1-15-9-12-13(10-5-2-3-6-10)11-7-4-8-16-14(11)12/h5,11,14H,2-4,6-9H2,1H3. The molecule has 2 unspecified atom stereocenters. The van der Waals surface area contributed by atoms with Crippen molar-refractivity contribution in [1.29, 1.82) is 0 Å². The largest absolute Gasteiger partial charge is 0.380 e. The Morgan fingerprint density at radius 3 is 3.12 bits per heavy atom. The van der Waals surface area contributed by atoms with Crippen molar-refractivity contribution < 1.29 is 9.47 Å². The zero-order valence-electron chi connectivity index (χ0n) is 10.00. The van der Waals surface area contributed by atoms with Crippen molar-refractivity contribution in [3.05, 3.63) is 22.8 Å². The molecule has 0 saturated carbocycles. The minimum absolute atomic E-state index is 0.380. The maximum Gasteiger partial charge on any atom is 0.0881 e. The molecule has 0 bridgehead atoms. The van der Waals surface area contributed by atoms with Crippen LogP contribution in [0, 0.1) is 5.92 Å². The van der Waals surface area contributed by atoms with Gasteiger partial charge >= 0.3 is 0 Å². The van der Waals surface area contributed by atoms with Crippen molar-refractivity contribution in [2.75, 3.05) is 20.3 Å². The van der Waals surface area contributed by atoms with Gasteiger partial charge in [0, 0.05) is 19.6 Å². The SMILES string of the molecule is COCC1=C(C2=CCCC2)C2CCCOC12. The average molecular weight is 220 g/mol. The number of hydrogen-bond acceptors (Lipinski definition) is 2. The minimum atomic E-state index is 0.380. The van der Waals surface area contributed by atoms with Crippen LogP contribution >= 0.6 is 0 Å². The maximum atomic E-state index is 5.87. The Morgan fingerprint density at radius 1 is 1.44 bits per heavy atom. The van der Waals surface area contributed by atoms with Gasteiger partial charge in [-0.25, -0.2) is 0 Å². The zero-order valence-corrected chi connectivity index (χ0v) is 10.00. The van der Waals surface area contributed by atoms with E-state index in [-0.39, 0.29) is 0 Å². The Morgan fingerprint density at radius 2 is 2.38 bits per heavy atom. The quantitative estimate of drug-likeness (QED) is 0.728. The molecule has 0 aromatic rings. The van der Waals surface area contributed by atoms with E-state index in [1.54, 1.807) is 18.3 Å². The highest BCUT2D eigenvalue weighted by Gasteiger charge is 2.43. The Labute approximate surface area is 97.3 Å². The van der Waals surface area contributed by atoms with Crippen LogP contribution in [0.15, 0.2) is 22.8 Å². The highest BCUT2D eigenvalue weighted by atomic mass is 16.5. The second-order valence-electron chi connectivity index (χ2n) is 5.03. The Bertz CT molecular complexity index is 341. The van der Waals surface area contributed by atoms with Gasteiger partial charge in [-0.05, 0) is 48.8 Å². The molecule has 2 aliphatic carbocycles. The number of methoxy groups -OCH3 is 1. The highest BCUT2D eigenvalue weighted by Crippen LogP contribution is 2.48. The molecule has 2 heteroatoms. The van der Waals surface area contributed by atoms with Crippen LogP contribution in [-0.2, 0) is 9.47 Å². The summed E-state index contributed by atoms with van der Waals surface area (Å²) < 4.78 is 11.2. The van der Waals surface area contributed by atoms with E-state index >= 15 is 0 Å². The van der Waals surface area contributed by atoms with E-state index in [1.807, 2.05) is 0 Å². The second kappa shape index (κ2) is 4.34. The third-order valence-electron chi connectivity index (χ3n) is 4.07. The third kappa shape index (κ3) is 1.56. The van der Waals surface area contributed by atoms with Crippen LogP contribution in [0.1, 0.15) is 32.1 Å². The van der Waals surface area contributed by atoms with E-state index < -0.39 is 0 Å². The average Bonchev–Trinajstić information content (AvgIpc) is 2.80. The van der Waals surface area contributed by atoms with Crippen molar-refractivity contribution in [3.8, 4) is 0 Å². The van der Waals surface area contributed by atoms with E-state index in [0.29, 0.717) is 12.0 Å². The first-order chi connectivity index (χ1) is 7.92. The number of hydrogen-bond donors (Lipinski definition) is 0. The van der Waals surface area contributed by atoms with Gasteiger partial charge in [-0.2, -0.15) is 0 Å². The molecular formula is C14H20O2. The van der Waals surface area contributed by atoms with Gasteiger partial charge in [0.05, 0.1) is 12.7 Å². The molecule has 88 valence electrons. The Balaban J connectivity index is 1.87. The van der Waals surface area contributed by atoms with Gasteiger partial charge in [-0.1, -0.05) is 6.08 Å². The first-order valence-corrected chi connectivity index (χ1v) is 6.44. The number of ether oxygens (including phenoxy) is 2. The van der Waals surface area contributed by atoms with Gasteiger partial charge in [-0.3, -0.25) is 0 Å². The van der Waals surface area contributed by atoms with Crippen LogP contribution in [0.25, 0.3) is 0 Å². The second-order valence-corrected chi connectivity index (χ2v) is 5.03. The molecule has 1 saturated heterocycles. The van der Waals surface area contributed by atoms with Crippen LogP contribution in [-0.4, -0.2) is 26.4 Å². The van der Waals surface area contributed by atoms with E-state index in [0.717, 1.165) is 13.2 Å². The van der Waals surface area contributed by atoms with Crippen molar-refractivity contribution in [1.82, 2.24) is 0 Å². The van der Waals surface area contributed by atoms with Gasteiger partial charge in [-0.15, -0.1) is 0 Å². The summed E-state index contributed by atoms with van der Waals surface area (Å²) in [6.07, 6.45) is 9.20. The molecule has 0 aromatic heterocycles. The lowest BCUT2D eigenvalue weighted by Crippen LogP contribution is -2.43. The van der Waals surface area contributed by atoms with Crippen LogP contribution in [0.3, 0.4) is 0 Å². The summed E-state index contributed by atoms with van der Waals surface area (Å²) >= 11 is 0. The fourth-order valence-corrected chi connectivity index (χ4v) is 3.39. The van der Waals surface area contributed by atoms with Gasteiger partial charge in [0.1, 0.15) is 0 Å². The summed E-state index contributed by atoms with van der Waals surface area (Å²) in [6.45, 7) is 1.69. The van der Waals surface area contributed by atoms with Crippen LogP contribution in [0.5, 0.6) is 0 Å². The van der Waals surface area contributed by atoms with Crippen molar-refractivity contribution in [3.63, 3.8) is 0 Å². The minimum Gasteiger partial charge on any atom is -0.380 e. The van der Waals surface area contributed by atoms with Gasteiger partial charge < -0.3 is 9.47 Å². The van der Waals surface area contributed by atoms with Crippen LogP contribution in [0.2, 0.25) is 0 Å². The molecule has 3 rings (SSSR count). The molecule has 0 spiro atoms. The molecule has 0 aromatic carbocycles. The maximum absolute atomic E-state index is 5.87. The molecule has 2 atom stereocenters. The van der Waals surface area contributed by atoms with Crippen LogP contribution in [0.4, 0.5) is 0 Å². The van der Waals surface area contributed by atoms with Gasteiger partial charge in [0.2, 0.25) is 0 Å². The fourth-order valence-electron chi connectivity index (χ4n) is 3.39. The molecule has 1 heterocycles. The first-order valence-electron chi connectivity index (χ1n) is 6.44. The van der Waals surface area contributed by atoms with Crippen molar-refractivity contribution in [2.24, 2.45) is 5.92 Å². The Hall–Kier alpha value is -0.600. The fraction of sp³-hybridized carbons (Fsp3) is 0.714. The molecule has 0 radical (unpaired) electrons. The molecule has 2 nitrogen and oxygen atoms in total. The molecule has 3 aliphatic rings. The predicted molar refractivity (Wildman–Crippen MR) is 63.3 cm³/mol.